The molecule has 9 aliphatic rings. The Morgan fingerprint density at radius 3 is 1.14 bits per heavy atom. The van der Waals surface area contributed by atoms with Crippen molar-refractivity contribution in [2.75, 3.05) is 59.5 Å². The first kappa shape index (κ1) is 112. The summed E-state index contributed by atoms with van der Waals surface area (Å²) in [6.45, 7) is -6.06. The maximum Gasteiger partial charge on any atom is 0.364 e. The van der Waals surface area contributed by atoms with Gasteiger partial charge in [0.2, 0.25) is 23.6 Å². The van der Waals surface area contributed by atoms with E-state index in [0.29, 0.717) is 0 Å². The number of rotatable bonds is 40. The number of aliphatic hydroxyl groups excluding tert-OH is 29. The number of amides is 4. The van der Waals surface area contributed by atoms with Crippen LogP contribution in [0.2, 0.25) is 0 Å². The molecule has 59 nitrogen and oxygen atoms in total. The third kappa shape index (κ3) is 25.1. The summed E-state index contributed by atoms with van der Waals surface area (Å²) in [5, 5.41) is 355. The summed E-state index contributed by atoms with van der Waals surface area (Å²) >= 11 is 0. The predicted octanol–water partition coefficient (Wildman–Crippen LogP) is -22.1. The second kappa shape index (κ2) is 47.9. The lowest BCUT2D eigenvalue weighted by molar-refractivity contribution is -0.390. The van der Waals surface area contributed by atoms with Gasteiger partial charge in [0.1, 0.15) is 220 Å². The Balaban J connectivity index is 1.09. The summed E-state index contributed by atoms with van der Waals surface area (Å²) in [6.07, 6.45) is -105. The Bertz CT molecular complexity index is 3700. The van der Waals surface area contributed by atoms with Crippen LogP contribution in [0.3, 0.4) is 0 Å². The molecule has 0 bridgehead atoms. The molecule has 770 valence electrons. The number of carbonyl (C=O) groups is 6. The van der Waals surface area contributed by atoms with Crippen LogP contribution >= 0.6 is 0 Å². The van der Waals surface area contributed by atoms with Crippen LogP contribution < -0.4 is 21.3 Å². The molecule has 0 spiro atoms. The van der Waals surface area contributed by atoms with E-state index in [1.54, 1.807) is 0 Å². The highest BCUT2D eigenvalue weighted by Crippen LogP contribution is 2.43. The van der Waals surface area contributed by atoms with Crippen LogP contribution in [0.25, 0.3) is 0 Å². The fraction of sp³-hybridized carbons (Fsp3) is 0.919. The van der Waals surface area contributed by atoms with Gasteiger partial charge in [0, 0.05) is 40.5 Å². The number of hydrogen-bond acceptors (Lipinski definition) is 53. The maximum atomic E-state index is 13.7. The van der Waals surface area contributed by atoms with E-state index in [1.807, 2.05) is 0 Å². The minimum Gasteiger partial charge on any atom is -0.477 e. The van der Waals surface area contributed by atoms with Crippen molar-refractivity contribution in [2.45, 2.75) is 366 Å². The molecule has 0 aromatic carbocycles. The summed E-state index contributed by atoms with van der Waals surface area (Å²) < 4.78 is 107. The number of ether oxygens (including phenoxy) is 18. The van der Waals surface area contributed by atoms with E-state index >= 15 is 0 Å². The minimum absolute atomic E-state index is 0.814. The van der Waals surface area contributed by atoms with E-state index in [1.165, 1.54) is 13.8 Å². The topological polar surface area (TPSA) is 944 Å². The normalized spacial score (nSPS) is 45.0. The first-order valence-corrected chi connectivity index (χ1v) is 42.0. The van der Waals surface area contributed by atoms with E-state index in [-0.39, 0.29) is 0 Å². The molecule has 9 rings (SSSR count). The van der Waals surface area contributed by atoms with Crippen LogP contribution in [0, 0.1) is 0 Å². The molecule has 9 heterocycles. The predicted molar refractivity (Wildman–Crippen MR) is 410 cm³/mol. The first-order valence-electron chi connectivity index (χ1n) is 42.0. The lowest BCUT2D eigenvalue weighted by atomic mass is 9.88. The van der Waals surface area contributed by atoms with Gasteiger partial charge in [-0.25, -0.2) is 9.59 Å². The fourth-order valence-corrected chi connectivity index (χ4v) is 16.7. The Labute approximate surface area is 752 Å². The van der Waals surface area contributed by atoms with Gasteiger partial charge >= 0.3 is 11.9 Å². The molecular weight excluding hydrogens is 1820 g/mol. The Kier molecular flexibility index (Phi) is 40.2. The summed E-state index contributed by atoms with van der Waals surface area (Å²) in [5.41, 5.74) is 0. The van der Waals surface area contributed by atoms with E-state index in [9.17, 15) is 187 Å². The zero-order valence-corrected chi connectivity index (χ0v) is 71.7. The van der Waals surface area contributed by atoms with Gasteiger partial charge in [0.05, 0.1) is 96.0 Å². The van der Waals surface area contributed by atoms with Gasteiger partial charge in [-0.1, -0.05) is 0 Å². The maximum absolute atomic E-state index is 13.7. The van der Waals surface area contributed by atoms with Crippen molar-refractivity contribution >= 4 is 35.6 Å². The summed E-state index contributed by atoms with van der Waals surface area (Å²) in [5.74, 6) is -14.9. The largest absolute Gasteiger partial charge is 0.477 e. The van der Waals surface area contributed by atoms with E-state index in [4.69, 9.17) is 85.3 Å². The number of nitrogens with one attached hydrogen (secondary N) is 4. The molecule has 0 radical (unpaired) electrons. The van der Waals surface area contributed by atoms with Gasteiger partial charge in [-0.15, -0.1) is 0 Å². The molecule has 0 saturated carbocycles. The van der Waals surface area contributed by atoms with Crippen LogP contribution in [-0.2, 0) is 114 Å². The summed E-state index contributed by atoms with van der Waals surface area (Å²) in [6, 6.07) is -7.92. The standard InChI is InChI=1S/C74H124N4O55/c1-18-39(96)47(104)50(107)66(118-18)125-55(28(94)11-81)56(29(95)12-82)126-69-53(110)62(130-65-37(77-22(5)88)58(44(101)30(13-83)120-65)128-70-54(111)63(45(102)31(14-84)121-70)133-74(72(114)115)8-25(91)36(76-21(4)87)60(132-74)42(99)27(93)10-80)46(103)33(123-69)16-116-64-38(78-23(6)89)61(129-67-51(108)48(105)40(97)19(2)119-67)57(32(15-85)122-64)127-68-52(109)49(106)43(100)34(124-68)17-117-73(71(112)113)7-24(90)35(75-20(3)86)59(131-73)41(98)26(92)9-79/h18-19,24-70,79-85,90-111H,7-17H2,1-6H3,(H,75,86)(H,76,87)(H,77,88)(H,78,89)(H,112,113)(H,114,115)/t18-,19-,24-,25-,26+,27+,28-,29+,30+,31+,32+,33+,34+,35+,36+,37+,38+,39+,40+,41+,42+,43-,44+,45-,46-,47+,48+,49-,50-,51-,52+,53+,54+,55+,56+,57+,58+,59+,60+,61+,62-,63-,64+,65-,66-,67-,68-,69-,70-,73+,74-/m0/s1. The van der Waals surface area contributed by atoms with Crippen molar-refractivity contribution in [1.82, 2.24) is 21.3 Å². The second-order valence-electron chi connectivity index (χ2n) is 33.6. The molecule has 9 fully saturated rings. The minimum atomic E-state index is -3.39. The third-order valence-corrected chi connectivity index (χ3v) is 24.0. The van der Waals surface area contributed by atoms with Gasteiger partial charge in [-0.3, -0.25) is 19.2 Å². The van der Waals surface area contributed by atoms with Crippen molar-refractivity contribution in [1.29, 1.82) is 0 Å². The van der Waals surface area contributed by atoms with Crippen molar-refractivity contribution in [3.8, 4) is 0 Å². The van der Waals surface area contributed by atoms with Crippen molar-refractivity contribution in [3.63, 3.8) is 0 Å². The molecule has 4 amide bonds. The number of aliphatic hydroxyl groups is 29. The van der Waals surface area contributed by atoms with Gasteiger partial charge in [0.15, 0.2) is 44.0 Å². The number of carbonyl (C=O) groups excluding carboxylic acids is 4. The average Bonchev–Trinajstić information content (AvgIpc) is 0.828. The molecule has 9 saturated heterocycles. The molecule has 51 atom stereocenters. The molecule has 0 aromatic rings. The lowest BCUT2D eigenvalue weighted by Gasteiger charge is -2.51. The summed E-state index contributed by atoms with van der Waals surface area (Å²) in [7, 11) is 0. The van der Waals surface area contributed by atoms with Gasteiger partial charge in [-0.2, -0.15) is 0 Å². The second-order valence-corrected chi connectivity index (χ2v) is 33.6. The average molecular weight is 1950 g/mol. The highest BCUT2D eigenvalue weighted by molar-refractivity contribution is 5.78. The first-order chi connectivity index (χ1) is 62.4. The number of carboxylic acids is 2. The smallest absolute Gasteiger partial charge is 0.364 e. The highest BCUT2D eigenvalue weighted by atomic mass is 16.8. The SMILES string of the molecule is CC(=O)N[C@H]1[C@H](OC[C@H]2O[C@@H](O[C@@H]([C@H](O[C@@H]3O[C@@H](C)[C@@H](O)[C@@H](O)[C@@H]3O)[C@@H](O)CO)[C@H](O)CO)[C@H](O)[C@@H](O[C@@H]3O[C@H](CO)[C@@H](O)[C@H](O[C@@H]4O[C@H](CO)[C@H](O)[C@H](O[C@]5(C(=O)O)C[C@H](O)[C@@H](NC(C)=O)[C@H]([C@H](O)[C@H](O)CO)O5)[C@H]4O)[C@H]3NC(C)=O)[C@H]2O)O[C@H](CO)[C@@H](O[C@@H]2O[C@H](CO[C@]3(C(=O)O)C[C@H](O)[C@@H](NC(C)=O)[C@H]([C@H](O)[C@H](O)CO)O3)[C@H](O)[C@H](O)[C@H]2O)[C@@H]1O[C@@H]1O[C@@H](C)[C@@H](O)[C@@H](O)[C@@H]1O. The van der Waals surface area contributed by atoms with Crippen molar-refractivity contribution < 1.29 is 272 Å². The molecular formula is C74H124N4O55. The number of aliphatic carboxylic acids is 2. The lowest BCUT2D eigenvalue weighted by Crippen LogP contribution is -2.71. The van der Waals surface area contributed by atoms with E-state index in [0.717, 1.165) is 27.7 Å². The van der Waals surface area contributed by atoms with E-state index < -0.39 is 420 Å². The molecule has 0 unspecified atom stereocenters. The van der Waals surface area contributed by atoms with Gasteiger partial charge < -0.3 is 265 Å². The van der Waals surface area contributed by atoms with Gasteiger partial charge in [-0.05, 0) is 13.8 Å². The molecule has 35 N–H and O–H groups in total. The van der Waals surface area contributed by atoms with Crippen molar-refractivity contribution in [3.05, 3.63) is 0 Å². The third-order valence-electron chi connectivity index (χ3n) is 24.0. The molecule has 133 heavy (non-hydrogen) atoms. The summed E-state index contributed by atoms with van der Waals surface area (Å²) in [4.78, 5) is 78.5. The Hall–Kier alpha value is -5.06. The highest BCUT2D eigenvalue weighted by Gasteiger charge is 2.65. The number of carboxylic acid groups (broad SMARTS) is 2. The van der Waals surface area contributed by atoms with E-state index in [2.05, 4.69) is 21.3 Å². The van der Waals surface area contributed by atoms with Crippen LogP contribution in [0.15, 0.2) is 0 Å². The van der Waals surface area contributed by atoms with Crippen molar-refractivity contribution in [2.24, 2.45) is 0 Å². The zero-order chi connectivity index (χ0) is 99.1. The Morgan fingerprint density at radius 2 is 0.677 bits per heavy atom. The molecule has 9 aliphatic heterocycles. The monoisotopic (exact) mass is 1950 g/mol. The molecule has 0 aromatic heterocycles. The Morgan fingerprint density at radius 1 is 0.338 bits per heavy atom. The zero-order valence-electron chi connectivity index (χ0n) is 71.7. The quantitative estimate of drug-likeness (QED) is 0.0271. The van der Waals surface area contributed by atoms with Gasteiger partial charge in [0.25, 0.3) is 11.6 Å². The molecule has 59 heteroatoms. The van der Waals surface area contributed by atoms with Crippen LogP contribution in [0.1, 0.15) is 54.4 Å². The van der Waals surface area contributed by atoms with Crippen LogP contribution in [-0.4, -0.2) is 565 Å². The number of hydrogen-bond donors (Lipinski definition) is 35. The van der Waals surface area contributed by atoms with Crippen LogP contribution in [0.5, 0.6) is 0 Å². The fourth-order valence-electron chi connectivity index (χ4n) is 16.7. The van der Waals surface area contributed by atoms with Crippen LogP contribution in [0.4, 0.5) is 0 Å². The molecule has 0 aliphatic carbocycles.